The average molecular weight is 443 g/mol. The smallest absolute Gasteiger partial charge is 0.263 e. The van der Waals surface area contributed by atoms with Crippen molar-refractivity contribution < 1.29 is 8.42 Å². The van der Waals surface area contributed by atoms with Crippen LogP contribution in [0.4, 0.5) is 5.82 Å². The van der Waals surface area contributed by atoms with Gasteiger partial charge in [-0.2, -0.15) is 0 Å². The first kappa shape index (κ1) is 20.6. The quantitative estimate of drug-likeness (QED) is 0.621. The Morgan fingerprint density at radius 2 is 1.77 bits per heavy atom. The Labute approximate surface area is 181 Å². The second kappa shape index (κ2) is 7.25. The van der Waals surface area contributed by atoms with E-state index < -0.39 is 10.0 Å². The normalized spacial score (nSPS) is 16.3. The number of aryl methyl sites for hydroxylation is 1. The molecule has 0 bridgehead atoms. The van der Waals surface area contributed by atoms with Gasteiger partial charge in [-0.3, -0.25) is 9.71 Å². The van der Waals surface area contributed by atoms with Crippen LogP contribution in [0, 0.1) is 0 Å². The van der Waals surface area contributed by atoms with Gasteiger partial charge in [-0.1, -0.05) is 44.5 Å². The molecule has 1 unspecified atom stereocenters. The largest absolute Gasteiger partial charge is 0.357 e. The first-order chi connectivity index (χ1) is 14.0. The van der Waals surface area contributed by atoms with Crippen molar-refractivity contribution in [3.05, 3.63) is 76.7 Å². The molecule has 0 saturated heterocycles. The van der Waals surface area contributed by atoms with E-state index in [2.05, 4.69) is 35.5 Å². The summed E-state index contributed by atoms with van der Waals surface area (Å²) in [4.78, 5) is 9.10. The number of rotatable bonds is 5. The third-order valence-corrected chi connectivity index (χ3v) is 6.68. The molecule has 0 fully saturated rings. The predicted octanol–water partition coefficient (Wildman–Crippen LogP) is 4.72. The zero-order chi connectivity index (χ0) is 21.7. The van der Waals surface area contributed by atoms with E-state index in [1.54, 1.807) is 24.3 Å². The van der Waals surface area contributed by atoms with Gasteiger partial charge in [0.1, 0.15) is 11.9 Å². The number of aromatic nitrogens is 2. The fraction of sp³-hybridized carbons (Fsp3) is 0.273. The molecule has 0 amide bonds. The lowest BCUT2D eigenvalue weighted by Gasteiger charge is -2.19. The van der Waals surface area contributed by atoms with Gasteiger partial charge in [0, 0.05) is 25.0 Å². The van der Waals surface area contributed by atoms with E-state index in [9.17, 15) is 8.42 Å². The summed E-state index contributed by atoms with van der Waals surface area (Å²) >= 11 is 6.32. The first-order valence-corrected chi connectivity index (χ1v) is 11.4. The third kappa shape index (κ3) is 4.13. The monoisotopic (exact) mass is 442 g/mol. The number of hydrogen-bond acceptors (Lipinski definition) is 4. The van der Waals surface area contributed by atoms with Crippen molar-refractivity contribution in [2.75, 3.05) is 4.72 Å². The zero-order valence-corrected chi connectivity index (χ0v) is 18.8. The van der Waals surface area contributed by atoms with Crippen LogP contribution in [0.1, 0.15) is 43.6 Å². The van der Waals surface area contributed by atoms with E-state index in [4.69, 9.17) is 11.6 Å². The van der Waals surface area contributed by atoms with Gasteiger partial charge in [-0.15, -0.1) is 0 Å². The number of sulfonamides is 1. The molecule has 8 heteroatoms. The molecule has 1 aliphatic rings. The van der Waals surface area contributed by atoms with Gasteiger partial charge in [0.2, 0.25) is 0 Å². The number of hydrogen-bond donors (Lipinski definition) is 1. The van der Waals surface area contributed by atoms with Crippen molar-refractivity contribution in [1.29, 1.82) is 0 Å². The van der Waals surface area contributed by atoms with Crippen LogP contribution in [0.3, 0.4) is 0 Å². The van der Waals surface area contributed by atoms with E-state index >= 15 is 0 Å². The van der Waals surface area contributed by atoms with E-state index in [0.717, 1.165) is 16.8 Å². The van der Waals surface area contributed by atoms with Crippen LogP contribution in [0.25, 0.3) is 0 Å². The molecule has 30 heavy (non-hydrogen) atoms. The maximum Gasteiger partial charge on any atom is 0.263 e. The SMILES string of the molecule is Cn1ccc(C2=NC2c2nc(NS(=O)(=O)c3ccc(C(C)(C)C)cc3)ccc2Cl)c1. The summed E-state index contributed by atoms with van der Waals surface area (Å²) in [6.07, 6.45) is 3.91. The van der Waals surface area contributed by atoms with E-state index in [1.807, 2.05) is 42.2 Å². The summed E-state index contributed by atoms with van der Waals surface area (Å²) in [6.45, 7) is 6.24. The first-order valence-electron chi connectivity index (χ1n) is 9.54. The highest BCUT2D eigenvalue weighted by molar-refractivity contribution is 7.92. The molecule has 4 rings (SSSR count). The molecule has 3 aromatic rings. The van der Waals surface area contributed by atoms with Crippen molar-refractivity contribution in [3.63, 3.8) is 0 Å². The number of nitrogens with one attached hydrogen (secondary N) is 1. The zero-order valence-electron chi connectivity index (χ0n) is 17.2. The van der Waals surface area contributed by atoms with Crippen molar-refractivity contribution in [2.45, 2.75) is 37.1 Å². The van der Waals surface area contributed by atoms with Gasteiger partial charge >= 0.3 is 0 Å². The molecule has 1 atom stereocenters. The number of nitrogens with zero attached hydrogens (tertiary/aromatic N) is 3. The lowest BCUT2D eigenvalue weighted by Crippen LogP contribution is -2.16. The topological polar surface area (TPSA) is 76.3 Å². The molecule has 0 radical (unpaired) electrons. The molecule has 3 heterocycles. The maximum absolute atomic E-state index is 12.8. The number of benzene rings is 1. The molecule has 0 aliphatic carbocycles. The molecule has 6 nitrogen and oxygen atoms in total. The van der Waals surface area contributed by atoms with Gasteiger partial charge in [0.15, 0.2) is 0 Å². The van der Waals surface area contributed by atoms with Crippen molar-refractivity contribution in [2.24, 2.45) is 12.0 Å². The number of halogens is 1. The summed E-state index contributed by atoms with van der Waals surface area (Å²) in [5.41, 5.74) is 3.45. The maximum atomic E-state index is 12.8. The molecule has 1 aromatic carbocycles. The highest BCUT2D eigenvalue weighted by Crippen LogP contribution is 2.38. The van der Waals surface area contributed by atoms with Gasteiger partial charge in [0.05, 0.1) is 21.3 Å². The Bertz CT molecular complexity index is 1240. The molecule has 0 saturated carbocycles. The van der Waals surface area contributed by atoms with Crippen LogP contribution in [0.5, 0.6) is 0 Å². The van der Waals surface area contributed by atoms with Crippen molar-refractivity contribution in [1.82, 2.24) is 9.55 Å². The van der Waals surface area contributed by atoms with Crippen LogP contribution in [-0.4, -0.2) is 23.7 Å². The number of pyridine rings is 1. The van der Waals surface area contributed by atoms with Crippen molar-refractivity contribution >= 4 is 33.2 Å². The summed E-state index contributed by atoms with van der Waals surface area (Å²) in [5, 5.41) is 0.451. The average Bonchev–Trinajstić information content (AvgIpc) is 3.35. The fourth-order valence-corrected chi connectivity index (χ4v) is 4.43. The minimum atomic E-state index is -3.77. The Kier molecular flexibility index (Phi) is 4.98. The molecule has 2 aromatic heterocycles. The Morgan fingerprint density at radius 3 is 2.37 bits per heavy atom. The summed E-state index contributed by atoms with van der Waals surface area (Å²) < 4.78 is 30.1. The second-order valence-corrected chi connectivity index (χ2v) is 10.5. The molecule has 156 valence electrons. The minimum Gasteiger partial charge on any atom is -0.357 e. The van der Waals surface area contributed by atoms with Crippen LogP contribution in [0.2, 0.25) is 5.02 Å². The van der Waals surface area contributed by atoms with Crippen molar-refractivity contribution in [3.8, 4) is 0 Å². The highest BCUT2D eigenvalue weighted by atomic mass is 35.5. The Balaban J connectivity index is 1.55. The van der Waals surface area contributed by atoms with Gasteiger partial charge in [0.25, 0.3) is 10.0 Å². The molecule has 0 spiro atoms. The van der Waals surface area contributed by atoms with E-state index in [1.165, 1.54) is 0 Å². The molecular weight excluding hydrogens is 420 g/mol. The summed E-state index contributed by atoms with van der Waals surface area (Å²) in [7, 11) is -1.83. The molecule has 1 aliphatic heterocycles. The van der Waals surface area contributed by atoms with Crippen LogP contribution in [-0.2, 0) is 22.5 Å². The third-order valence-electron chi connectivity index (χ3n) is 4.99. The van der Waals surface area contributed by atoms with E-state index in [-0.39, 0.29) is 22.2 Å². The standard InChI is InChI=1S/C22H23ClN4O2S/c1-22(2,3)15-5-7-16(8-6-15)30(28,29)26-18-10-9-17(23)20(24-18)21-19(25-21)14-11-12-27(4)13-14/h5-13,21H,1-4H3,(H,24,26). The summed E-state index contributed by atoms with van der Waals surface area (Å²) in [6, 6.07) is 11.8. The Morgan fingerprint density at radius 1 is 1.07 bits per heavy atom. The predicted molar refractivity (Wildman–Crippen MR) is 120 cm³/mol. The second-order valence-electron chi connectivity index (χ2n) is 8.43. The van der Waals surface area contributed by atoms with Gasteiger partial charge in [-0.25, -0.2) is 13.4 Å². The van der Waals surface area contributed by atoms with Crippen LogP contribution in [0.15, 0.2) is 64.7 Å². The lowest BCUT2D eigenvalue weighted by atomic mass is 9.87. The molecule has 1 N–H and O–H groups in total. The van der Waals surface area contributed by atoms with Crippen LogP contribution >= 0.6 is 11.6 Å². The number of anilines is 1. The van der Waals surface area contributed by atoms with Gasteiger partial charge < -0.3 is 4.57 Å². The fourth-order valence-electron chi connectivity index (χ4n) is 3.22. The van der Waals surface area contributed by atoms with Gasteiger partial charge in [-0.05, 0) is 41.3 Å². The molecular formula is C22H23ClN4O2S. The van der Waals surface area contributed by atoms with Crippen LogP contribution < -0.4 is 4.72 Å². The minimum absolute atomic E-state index is 0.0525. The Hall–Kier alpha value is -2.64. The summed E-state index contributed by atoms with van der Waals surface area (Å²) in [5.74, 6) is 0.212. The number of aliphatic imine (C=N–C) groups is 1. The van der Waals surface area contributed by atoms with E-state index in [0.29, 0.717) is 10.7 Å². The highest BCUT2D eigenvalue weighted by Gasteiger charge is 2.34. The lowest BCUT2D eigenvalue weighted by molar-refractivity contribution is 0.587.